The highest BCUT2D eigenvalue weighted by Gasteiger charge is 2.15. The molecule has 120 valence electrons. The average molecular weight is 318 g/mol. The number of guanidine groups is 1. The lowest BCUT2D eigenvalue weighted by atomic mass is 10.00. The molecule has 1 fully saturated rings. The summed E-state index contributed by atoms with van der Waals surface area (Å²) in [6.07, 6.45) is 2.26. The highest BCUT2D eigenvalue weighted by molar-refractivity contribution is 7.99. The topological polar surface area (TPSA) is 44.9 Å². The van der Waals surface area contributed by atoms with Gasteiger partial charge in [-0.05, 0) is 24.0 Å². The molecule has 1 saturated heterocycles. The number of fused-ring (bicyclic) bond motifs is 1. The molecule has 0 aliphatic carbocycles. The molecule has 0 amide bonds. The summed E-state index contributed by atoms with van der Waals surface area (Å²) in [4.78, 5) is 9.31. The van der Waals surface area contributed by atoms with Gasteiger partial charge in [-0.25, -0.2) is 0 Å². The van der Waals surface area contributed by atoms with Crippen molar-refractivity contribution in [2.24, 2.45) is 10.7 Å². The van der Waals surface area contributed by atoms with Crippen molar-refractivity contribution in [1.82, 2.24) is 9.80 Å². The molecule has 1 aromatic rings. The molecule has 0 atom stereocenters. The van der Waals surface area contributed by atoms with Gasteiger partial charge in [0.25, 0.3) is 0 Å². The van der Waals surface area contributed by atoms with Gasteiger partial charge in [0, 0.05) is 50.8 Å². The van der Waals surface area contributed by atoms with Gasteiger partial charge in [-0.2, -0.15) is 11.8 Å². The smallest absolute Gasteiger partial charge is 0.191 e. The summed E-state index contributed by atoms with van der Waals surface area (Å²) in [5, 5.41) is 0. The predicted octanol–water partition coefficient (Wildman–Crippen LogP) is 1.80. The first-order valence-corrected chi connectivity index (χ1v) is 9.40. The van der Waals surface area contributed by atoms with Crippen molar-refractivity contribution in [3.63, 3.8) is 0 Å². The SMILES string of the molecule is NC(=NCCCN1CCc2ccccc2C1)N1CCSCC1. The number of thioether (sulfide) groups is 1. The third-order valence-corrected chi connectivity index (χ3v) is 5.39. The molecule has 2 aliphatic rings. The summed E-state index contributed by atoms with van der Waals surface area (Å²) in [5.74, 6) is 3.08. The first-order chi connectivity index (χ1) is 10.8. The Bertz CT molecular complexity index is 511. The monoisotopic (exact) mass is 318 g/mol. The van der Waals surface area contributed by atoms with Gasteiger partial charge in [-0.15, -0.1) is 0 Å². The lowest BCUT2D eigenvalue weighted by Crippen LogP contribution is -2.42. The summed E-state index contributed by atoms with van der Waals surface area (Å²) in [5.41, 5.74) is 9.09. The van der Waals surface area contributed by atoms with Crippen molar-refractivity contribution in [1.29, 1.82) is 0 Å². The largest absolute Gasteiger partial charge is 0.370 e. The molecule has 2 heterocycles. The molecule has 0 unspecified atom stereocenters. The lowest BCUT2D eigenvalue weighted by Gasteiger charge is -2.29. The maximum Gasteiger partial charge on any atom is 0.191 e. The van der Waals surface area contributed by atoms with Crippen LogP contribution in [0.15, 0.2) is 29.3 Å². The van der Waals surface area contributed by atoms with E-state index in [2.05, 4.69) is 39.1 Å². The maximum atomic E-state index is 6.08. The molecular weight excluding hydrogens is 292 g/mol. The first kappa shape index (κ1) is 15.7. The second-order valence-electron chi connectivity index (χ2n) is 5.99. The fourth-order valence-electron chi connectivity index (χ4n) is 3.13. The fourth-order valence-corrected chi connectivity index (χ4v) is 4.03. The minimum Gasteiger partial charge on any atom is -0.370 e. The van der Waals surface area contributed by atoms with Crippen molar-refractivity contribution >= 4 is 17.7 Å². The molecule has 22 heavy (non-hydrogen) atoms. The van der Waals surface area contributed by atoms with Gasteiger partial charge in [0.2, 0.25) is 0 Å². The number of aliphatic imine (C=N–C) groups is 1. The second kappa shape index (κ2) is 7.88. The molecule has 1 aromatic carbocycles. The fraction of sp³-hybridized carbons (Fsp3) is 0.588. The van der Waals surface area contributed by atoms with E-state index in [0.29, 0.717) is 0 Å². The second-order valence-corrected chi connectivity index (χ2v) is 7.21. The van der Waals surface area contributed by atoms with E-state index in [4.69, 9.17) is 5.73 Å². The molecule has 3 rings (SSSR count). The maximum absolute atomic E-state index is 6.08. The number of benzene rings is 1. The van der Waals surface area contributed by atoms with E-state index in [1.807, 2.05) is 11.8 Å². The number of hydrogen-bond acceptors (Lipinski definition) is 3. The zero-order valence-corrected chi connectivity index (χ0v) is 14.0. The summed E-state index contributed by atoms with van der Waals surface area (Å²) in [6, 6.07) is 8.80. The average Bonchev–Trinajstić information content (AvgIpc) is 2.59. The third kappa shape index (κ3) is 4.17. The number of rotatable bonds is 4. The molecule has 5 heteroatoms. The van der Waals surface area contributed by atoms with Gasteiger partial charge in [-0.1, -0.05) is 24.3 Å². The Morgan fingerprint density at radius 1 is 1.14 bits per heavy atom. The Hall–Kier alpha value is -1.20. The van der Waals surface area contributed by atoms with Crippen LogP contribution in [0.4, 0.5) is 0 Å². The van der Waals surface area contributed by atoms with Crippen molar-refractivity contribution in [3.8, 4) is 0 Å². The highest BCUT2D eigenvalue weighted by Crippen LogP contribution is 2.18. The quantitative estimate of drug-likeness (QED) is 0.522. The normalized spacial score (nSPS) is 20.0. The summed E-state index contributed by atoms with van der Waals surface area (Å²) in [7, 11) is 0. The molecule has 0 bridgehead atoms. The van der Waals surface area contributed by atoms with Crippen LogP contribution in [0.1, 0.15) is 17.5 Å². The Morgan fingerprint density at radius 2 is 1.91 bits per heavy atom. The summed E-state index contributed by atoms with van der Waals surface area (Å²) >= 11 is 2.00. The zero-order chi connectivity index (χ0) is 15.2. The van der Waals surface area contributed by atoms with Crippen LogP contribution < -0.4 is 5.73 Å². The van der Waals surface area contributed by atoms with E-state index in [1.54, 1.807) is 0 Å². The molecule has 0 aromatic heterocycles. The van der Waals surface area contributed by atoms with Gasteiger partial charge >= 0.3 is 0 Å². The Kier molecular flexibility index (Phi) is 5.62. The first-order valence-electron chi connectivity index (χ1n) is 8.25. The molecule has 4 nitrogen and oxygen atoms in total. The van der Waals surface area contributed by atoms with Crippen molar-refractivity contribution in [2.75, 3.05) is 44.2 Å². The van der Waals surface area contributed by atoms with Crippen LogP contribution in [0.25, 0.3) is 0 Å². The van der Waals surface area contributed by atoms with Gasteiger partial charge < -0.3 is 10.6 Å². The molecule has 2 aliphatic heterocycles. The van der Waals surface area contributed by atoms with Crippen LogP contribution in [-0.4, -0.2) is 60.0 Å². The highest BCUT2D eigenvalue weighted by atomic mass is 32.2. The number of nitrogens with zero attached hydrogens (tertiary/aromatic N) is 3. The number of hydrogen-bond donors (Lipinski definition) is 1. The minimum atomic E-state index is 0.740. The van der Waals surface area contributed by atoms with E-state index in [0.717, 1.165) is 45.1 Å². The van der Waals surface area contributed by atoms with Crippen LogP contribution in [0, 0.1) is 0 Å². The molecule has 2 N–H and O–H groups in total. The molecule has 0 radical (unpaired) electrons. The van der Waals surface area contributed by atoms with E-state index in [1.165, 1.54) is 35.6 Å². The molecular formula is C17H26N4S. The Balaban J connectivity index is 1.40. The standard InChI is InChI=1S/C17H26N4S/c18-17(21-10-12-22-13-11-21)19-7-3-8-20-9-6-15-4-1-2-5-16(15)14-20/h1-2,4-5H,3,6-14H2,(H2,18,19). The van der Waals surface area contributed by atoms with Crippen LogP contribution in [0.2, 0.25) is 0 Å². The summed E-state index contributed by atoms with van der Waals surface area (Å²) in [6.45, 7) is 6.29. The van der Waals surface area contributed by atoms with Crippen LogP contribution in [0.5, 0.6) is 0 Å². The van der Waals surface area contributed by atoms with E-state index in [-0.39, 0.29) is 0 Å². The molecule has 0 spiro atoms. The van der Waals surface area contributed by atoms with Crippen LogP contribution in [0.3, 0.4) is 0 Å². The van der Waals surface area contributed by atoms with Gasteiger partial charge in [0.15, 0.2) is 5.96 Å². The third-order valence-electron chi connectivity index (χ3n) is 4.45. The van der Waals surface area contributed by atoms with Crippen molar-refractivity contribution < 1.29 is 0 Å². The van der Waals surface area contributed by atoms with Crippen molar-refractivity contribution in [2.45, 2.75) is 19.4 Å². The molecule has 0 saturated carbocycles. The van der Waals surface area contributed by atoms with Gasteiger partial charge in [-0.3, -0.25) is 9.89 Å². The zero-order valence-electron chi connectivity index (χ0n) is 13.2. The van der Waals surface area contributed by atoms with Gasteiger partial charge in [0.1, 0.15) is 0 Å². The Morgan fingerprint density at radius 3 is 2.73 bits per heavy atom. The van der Waals surface area contributed by atoms with Crippen LogP contribution >= 0.6 is 11.8 Å². The van der Waals surface area contributed by atoms with E-state index >= 15 is 0 Å². The minimum absolute atomic E-state index is 0.740. The Labute approximate surface area is 137 Å². The van der Waals surface area contributed by atoms with E-state index in [9.17, 15) is 0 Å². The van der Waals surface area contributed by atoms with Crippen LogP contribution in [-0.2, 0) is 13.0 Å². The van der Waals surface area contributed by atoms with Crippen molar-refractivity contribution in [3.05, 3.63) is 35.4 Å². The predicted molar refractivity (Wildman–Crippen MR) is 95.4 cm³/mol. The van der Waals surface area contributed by atoms with E-state index < -0.39 is 0 Å². The lowest BCUT2D eigenvalue weighted by molar-refractivity contribution is 0.252. The van der Waals surface area contributed by atoms with Gasteiger partial charge in [0.05, 0.1) is 0 Å². The summed E-state index contributed by atoms with van der Waals surface area (Å²) < 4.78 is 0. The number of nitrogens with two attached hydrogens (primary N) is 1.